The maximum Gasteiger partial charge on any atom is 0.361 e. The third-order valence-electron chi connectivity index (χ3n) is 4.16. The van der Waals surface area contributed by atoms with Gasteiger partial charge in [0.1, 0.15) is 0 Å². The lowest BCUT2D eigenvalue weighted by Crippen LogP contribution is -2.36. The lowest BCUT2D eigenvalue weighted by molar-refractivity contribution is 0.0587. The van der Waals surface area contributed by atoms with Crippen LogP contribution in [0.15, 0.2) is 33.8 Å². The highest BCUT2D eigenvalue weighted by molar-refractivity contribution is 7.89. The maximum absolute atomic E-state index is 12.9. The highest BCUT2D eigenvalue weighted by Gasteiger charge is 2.36. The van der Waals surface area contributed by atoms with Crippen LogP contribution in [-0.2, 0) is 14.8 Å². The van der Waals surface area contributed by atoms with Gasteiger partial charge in [-0.15, -0.1) is 0 Å². The summed E-state index contributed by atoms with van der Waals surface area (Å²) >= 11 is 0. The number of hydrogen-bond acceptors (Lipinski definition) is 6. The van der Waals surface area contributed by atoms with E-state index in [2.05, 4.69) is 9.72 Å². The first-order valence-electron chi connectivity index (χ1n) is 8.10. The Bertz CT molecular complexity index is 865. The van der Waals surface area contributed by atoms with E-state index < -0.39 is 21.1 Å². The molecule has 1 aromatic carbocycles. The summed E-state index contributed by atoms with van der Waals surface area (Å²) in [5.74, 6) is -0.756. The molecule has 0 saturated carbocycles. The van der Waals surface area contributed by atoms with Gasteiger partial charge in [-0.05, 0) is 31.9 Å². The molecule has 1 aliphatic heterocycles. The standard InChI is InChI=1S/C17H20N2O5S/c1-12-6-8-13(9-7-12)15-18-14(16(20)23-2)17(24-15)25(21,22)19-10-4-3-5-11-19/h6-9H,3-5,10-11H2,1-2H3. The van der Waals surface area contributed by atoms with E-state index in [1.165, 1.54) is 11.4 Å². The molecule has 0 amide bonds. The number of benzene rings is 1. The molecule has 0 atom stereocenters. The van der Waals surface area contributed by atoms with Crippen molar-refractivity contribution in [2.75, 3.05) is 20.2 Å². The van der Waals surface area contributed by atoms with Crippen LogP contribution in [0, 0.1) is 6.92 Å². The Morgan fingerprint density at radius 3 is 2.40 bits per heavy atom. The fourth-order valence-electron chi connectivity index (χ4n) is 2.75. The van der Waals surface area contributed by atoms with Gasteiger partial charge < -0.3 is 9.15 Å². The van der Waals surface area contributed by atoms with Gasteiger partial charge in [-0.2, -0.15) is 4.31 Å². The lowest BCUT2D eigenvalue weighted by Gasteiger charge is -2.24. The molecule has 134 valence electrons. The molecule has 2 heterocycles. The molecule has 1 aliphatic rings. The van der Waals surface area contributed by atoms with Crippen LogP contribution < -0.4 is 0 Å². The number of ether oxygens (including phenoxy) is 1. The van der Waals surface area contributed by atoms with Gasteiger partial charge >= 0.3 is 5.97 Å². The number of hydrogen-bond donors (Lipinski definition) is 0. The number of nitrogens with zero attached hydrogens (tertiary/aromatic N) is 2. The molecule has 0 N–H and O–H groups in total. The number of aryl methyl sites for hydroxylation is 1. The summed E-state index contributed by atoms with van der Waals surface area (Å²) in [6.45, 7) is 2.75. The molecule has 0 spiro atoms. The maximum atomic E-state index is 12.9. The molecule has 0 bridgehead atoms. The van der Waals surface area contributed by atoms with Crippen LogP contribution in [0.4, 0.5) is 0 Å². The van der Waals surface area contributed by atoms with Gasteiger partial charge in [0, 0.05) is 18.7 Å². The van der Waals surface area contributed by atoms with Crippen molar-refractivity contribution in [3.63, 3.8) is 0 Å². The Kier molecular flexibility index (Phi) is 4.91. The summed E-state index contributed by atoms with van der Waals surface area (Å²) in [7, 11) is -2.76. The molecule has 3 rings (SSSR count). The third-order valence-corrected chi connectivity index (χ3v) is 5.95. The first-order valence-corrected chi connectivity index (χ1v) is 9.54. The second-order valence-corrected chi connectivity index (χ2v) is 7.81. The second-order valence-electron chi connectivity index (χ2n) is 5.98. The molecular formula is C17H20N2O5S. The van der Waals surface area contributed by atoms with Gasteiger partial charge in [0.2, 0.25) is 11.6 Å². The van der Waals surface area contributed by atoms with E-state index in [4.69, 9.17) is 4.42 Å². The van der Waals surface area contributed by atoms with Crippen LogP contribution in [0.25, 0.3) is 11.5 Å². The number of carbonyl (C=O) groups excluding carboxylic acids is 1. The van der Waals surface area contributed by atoms with Crippen LogP contribution >= 0.6 is 0 Å². The summed E-state index contributed by atoms with van der Waals surface area (Å²) in [5.41, 5.74) is 1.32. The summed E-state index contributed by atoms with van der Waals surface area (Å²) in [4.78, 5) is 16.1. The van der Waals surface area contributed by atoms with Crippen molar-refractivity contribution < 1.29 is 22.4 Å². The molecule has 25 heavy (non-hydrogen) atoms. The number of esters is 1. The smallest absolute Gasteiger partial charge is 0.361 e. The second kappa shape index (κ2) is 6.97. The quantitative estimate of drug-likeness (QED) is 0.775. The van der Waals surface area contributed by atoms with E-state index in [9.17, 15) is 13.2 Å². The van der Waals surface area contributed by atoms with Crippen LogP contribution in [-0.4, -0.2) is 43.9 Å². The Hall–Kier alpha value is -2.19. The molecule has 1 aromatic heterocycles. The van der Waals surface area contributed by atoms with Crippen LogP contribution in [0.3, 0.4) is 0 Å². The van der Waals surface area contributed by atoms with E-state index in [1.54, 1.807) is 12.1 Å². The fourth-order valence-corrected chi connectivity index (χ4v) is 4.28. The minimum atomic E-state index is -3.94. The van der Waals surface area contributed by atoms with Gasteiger partial charge in [-0.25, -0.2) is 18.2 Å². The highest BCUT2D eigenvalue weighted by Crippen LogP contribution is 2.29. The van der Waals surface area contributed by atoms with E-state index in [1.807, 2.05) is 19.1 Å². The van der Waals surface area contributed by atoms with Crippen molar-refractivity contribution in [2.24, 2.45) is 0 Å². The number of aromatic nitrogens is 1. The van der Waals surface area contributed by atoms with Crippen molar-refractivity contribution in [3.05, 3.63) is 35.5 Å². The molecule has 1 fully saturated rings. The largest absolute Gasteiger partial charge is 0.464 e. The Morgan fingerprint density at radius 2 is 1.80 bits per heavy atom. The Balaban J connectivity index is 2.08. The van der Waals surface area contributed by atoms with Crippen molar-refractivity contribution in [1.82, 2.24) is 9.29 Å². The number of carbonyl (C=O) groups is 1. The molecular weight excluding hydrogens is 344 g/mol. The average molecular weight is 364 g/mol. The normalized spacial score (nSPS) is 15.9. The molecule has 8 heteroatoms. The van der Waals surface area contributed by atoms with Gasteiger partial charge in [-0.1, -0.05) is 24.1 Å². The number of piperidine rings is 1. The first-order chi connectivity index (χ1) is 11.9. The van der Waals surface area contributed by atoms with Crippen molar-refractivity contribution in [1.29, 1.82) is 0 Å². The van der Waals surface area contributed by atoms with Crippen molar-refractivity contribution in [3.8, 4) is 11.5 Å². The molecule has 2 aromatic rings. The zero-order valence-electron chi connectivity index (χ0n) is 14.2. The summed E-state index contributed by atoms with van der Waals surface area (Å²) in [6, 6.07) is 7.24. The number of oxazole rings is 1. The molecule has 0 radical (unpaired) electrons. The number of methoxy groups -OCH3 is 1. The van der Waals surface area contributed by atoms with Crippen molar-refractivity contribution in [2.45, 2.75) is 31.3 Å². The topological polar surface area (TPSA) is 89.7 Å². The molecule has 7 nitrogen and oxygen atoms in total. The highest BCUT2D eigenvalue weighted by atomic mass is 32.2. The predicted octanol–water partition coefficient (Wildman–Crippen LogP) is 2.61. The van der Waals surface area contributed by atoms with Crippen LogP contribution in [0.2, 0.25) is 0 Å². The van der Waals surface area contributed by atoms with E-state index in [0.29, 0.717) is 18.7 Å². The summed E-state index contributed by atoms with van der Waals surface area (Å²) in [5, 5.41) is -0.447. The number of sulfonamides is 1. The molecule has 0 unspecified atom stereocenters. The minimum absolute atomic E-state index is 0.0796. The molecule has 0 aliphatic carbocycles. The first kappa shape index (κ1) is 17.6. The number of rotatable bonds is 4. The van der Waals surface area contributed by atoms with Crippen molar-refractivity contribution >= 4 is 16.0 Å². The van der Waals surface area contributed by atoms with E-state index in [-0.39, 0.29) is 11.6 Å². The SMILES string of the molecule is COC(=O)c1nc(-c2ccc(C)cc2)oc1S(=O)(=O)N1CCCCC1. The van der Waals surface area contributed by atoms with Gasteiger partial charge in [0.05, 0.1) is 7.11 Å². The van der Waals surface area contributed by atoms with E-state index >= 15 is 0 Å². The summed E-state index contributed by atoms with van der Waals surface area (Å²) < 4.78 is 37.4. The van der Waals surface area contributed by atoms with Gasteiger partial charge in [-0.3, -0.25) is 0 Å². The average Bonchev–Trinajstić information content (AvgIpc) is 3.08. The Labute approximate surface area is 146 Å². The lowest BCUT2D eigenvalue weighted by atomic mass is 10.1. The zero-order chi connectivity index (χ0) is 18.0. The predicted molar refractivity (Wildman–Crippen MR) is 90.6 cm³/mol. The third kappa shape index (κ3) is 3.45. The van der Waals surface area contributed by atoms with Gasteiger partial charge in [0.25, 0.3) is 15.1 Å². The fraction of sp³-hybridized carbons (Fsp3) is 0.412. The van der Waals surface area contributed by atoms with Crippen LogP contribution in [0.5, 0.6) is 0 Å². The molecule has 1 saturated heterocycles. The monoisotopic (exact) mass is 364 g/mol. The van der Waals surface area contributed by atoms with Crippen LogP contribution in [0.1, 0.15) is 35.3 Å². The zero-order valence-corrected chi connectivity index (χ0v) is 15.0. The van der Waals surface area contributed by atoms with Gasteiger partial charge in [0.15, 0.2) is 0 Å². The minimum Gasteiger partial charge on any atom is -0.464 e. The van der Waals surface area contributed by atoms with E-state index in [0.717, 1.165) is 24.8 Å². The Morgan fingerprint density at radius 1 is 1.16 bits per heavy atom. The summed E-state index contributed by atoms with van der Waals surface area (Å²) in [6.07, 6.45) is 2.55.